The summed E-state index contributed by atoms with van der Waals surface area (Å²) in [5.74, 6) is 2.39. The van der Waals surface area contributed by atoms with Crippen LogP contribution < -0.4 is 10.1 Å². The zero-order valence-corrected chi connectivity index (χ0v) is 21.9. The second-order valence-corrected chi connectivity index (χ2v) is 10.7. The predicted molar refractivity (Wildman–Crippen MR) is 144 cm³/mol. The van der Waals surface area contributed by atoms with Crippen molar-refractivity contribution in [1.29, 1.82) is 0 Å². The van der Waals surface area contributed by atoms with Crippen LogP contribution in [0.5, 0.6) is 11.5 Å². The monoisotopic (exact) mass is 537 g/mol. The molecule has 0 saturated carbocycles. The van der Waals surface area contributed by atoms with Crippen molar-refractivity contribution >= 4 is 51.6 Å². The molecule has 0 bridgehead atoms. The molecule has 1 fully saturated rings. The van der Waals surface area contributed by atoms with E-state index in [0.29, 0.717) is 28.4 Å². The highest BCUT2D eigenvalue weighted by molar-refractivity contribution is 7.99. The van der Waals surface area contributed by atoms with Crippen molar-refractivity contribution in [1.82, 2.24) is 19.9 Å². The van der Waals surface area contributed by atoms with Crippen LogP contribution in [-0.2, 0) is 4.79 Å². The van der Waals surface area contributed by atoms with Crippen LogP contribution in [0.2, 0.25) is 5.15 Å². The van der Waals surface area contributed by atoms with Crippen molar-refractivity contribution in [2.45, 2.75) is 35.5 Å². The van der Waals surface area contributed by atoms with Crippen LogP contribution in [0.1, 0.15) is 31.4 Å². The van der Waals surface area contributed by atoms with E-state index in [1.807, 2.05) is 53.4 Å². The Morgan fingerprint density at radius 2 is 1.94 bits per heavy atom. The molecule has 1 aliphatic heterocycles. The van der Waals surface area contributed by atoms with Gasteiger partial charge in [-0.2, -0.15) is 0 Å². The van der Waals surface area contributed by atoms with Crippen LogP contribution in [-0.4, -0.2) is 38.8 Å². The molecule has 1 amide bonds. The first-order chi connectivity index (χ1) is 17.5. The lowest BCUT2D eigenvalue weighted by atomic mass is 9.94. The van der Waals surface area contributed by atoms with Crippen LogP contribution in [0.15, 0.2) is 76.1 Å². The number of benzene rings is 1. The largest absolute Gasteiger partial charge is 0.453 e. The van der Waals surface area contributed by atoms with Gasteiger partial charge in [0.05, 0.1) is 5.69 Å². The van der Waals surface area contributed by atoms with Gasteiger partial charge in [-0.05, 0) is 37.1 Å². The van der Waals surface area contributed by atoms with Crippen LogP contribution in [0, 0.1) is 0 Å². The smallest absolute Gasteiger partial charge is 0.219 e. The van der Waals surface area contributed by atoms with Gasteiger partial charge in [-0.15, -0.1) is 11.3 Å². The molecule has 0 unspecified atom stereocenters. The Balaban J connectivity index is 1.35. The molecule has 4 heterocycles. The summed E-state index contributed by atoms with van der Waals surface area (Å²) in [6.45, 7) is 3.18. The number of anilines is 2. The first-order valence-electron chi connectivity index (χ1n) is 11.5. The van der Waals surface area contributed by atoms with Crippen molar-refractivity contribution in [2.24, 2.45) is 0 Å². The summed E-state index contributed by atoms with van der Waals surface area (Å²) in [6.07, 6.45) is 5.33. The fraction of sp³-hybridized carbons (Fsp3) is 0.231. The maximum atomic E-state index is 11.6. The normalized spacial score (nSPS) is 14.0. The Kier molecular flexibility index (Phi) is 7.69. The summed E-state index contributed by atoms with van der Waals surface area (Å²) < 4.78 is 6.20. The lowest BCUT2D eigenvalue weighted by molar-refractivity contribution is -0.129. The van der Waals surface area contributed by atoms with E-state index in [9.17, 15) is 4.79 Å². The molecule has 5 rings (SSSR count). The van der Waals surface area contributed by atoms with Crippen LogP contribution in [0.3, 0.4) is 0 Å². The molecule has 7 nitrogen and oxygen atoms in total. The molecule has 0 radical (unpaired) electrons. The highest BCUT2D eigenvalue weighted by Crippen LogP contribution is 2.38. The molecular weight excluding hydrogens is 514 g/mol. The Hall–Kier alpha value is -3.14. The second-order valence-electron chi connectivity index (χ2n) is 8.33. The number of pyridine rings is 2. The molecule has 1 aliphatic rings. The average Bonchev–Trinajstić information content (AvgIpc) is 3.35. The number of aromatic nitrogens is 3. The van der Waals surface area contributed by atoms with E-state index < -0.39 is 0 Å². The zero-order chi connectivity index (χ0) is 24.9. The molecule has 0 atom stereocenters. The zero-order valence-electron chi connectivity index (χ0n) is 19.6. The van der Waals surface area contributed by atoms with E-state index in [1.165, 1.54) is 11.8 Å². The van der Waals surface area contributed by atoms with Crippen molar-refractivity contribution in [3.05, 3.63) is 77.2 Å². The van der Waals surface area contributed by atoms with Crippen molar-refractivity contribution in [3.63, 3.8) is 0 Å². The number of thiazole rings is 1. The molecule has 1 N–H and O–H groups in total. The number of hydrogen-bond donors (Lipinski definition) is 1. The number of nitrogens with zero attached hydrogens (tertiary/aromatic N) is 4. The highest BCUT2D eigenvalue weighted by Gasteiger charge is 2.24. The Labute approximate surface area is 222 Å². The maximum absolute atomic E-state index is 11.6. The van der Waals surface area contributed by atoms with Gasteiger partial charge in [0.15, 0.2) is 16.7 Å². The van der Waals surface area contributed by atoms with Gasteiger partial charge in [0, 0.05) is 59.6 Å². The molecule has 1 saturated heterocycles. The van der Waals surface area contributed by atoms with E-state index in [1.54, 1.807) is 30.7 Å². The van der Waals surface area contributed by atoms with E-state index in [-0.39, 0.29) is 5.91 Å². The molecule has 0 spiro atoms. The minimum atomic E-state index is 0.139. The SMILES string of the molecule is CC(=O)N1CCC(c2csc(Nc3ncc(Sc4ccnc(Cl)c4)cc3Oc3ccccc3)n2)CC1. The number of rotatable bonds is 7. The molecule has 0 aliphatic carbocycles. The van der Waals surface area contributed by atoms with Gasteiger partial charge in [-0.1, -0.05) is 41.6 Å². The number of carbonyl (C=O) groups is 1. The van der Waals surface area contributed by atoms with Crippen molar-refractivity contribution in [3.8, 4) is 11.5 Å². The van der Waals surface area contributed by atoms with Gasteiger partial charge >= 0.3 is 0 Å². The minimum absolute atomic E-state index is 0.139. The quantitative estimate of drug-likeness (QED) is 0.254. The third kappa shape index (κ3) is 6.16. The van der Waals surface area contributed by atoms with E-state index >= 15 is 0 Å². The number of nitrogens with one attached hydrogen (secondary N) is 1. The molecule has 1 aromatic carbocycles. The Bertz CT molecular complexity index is 1340. The van der Waals surface area contributed by atoms with Crippen LogP contribution >= 0.6 is 34.7 Å². The van der Waals surface area contributed by atoms with Crippen molar-refractivity contribution < 1.29 is 9.53 Å². The first kappa shape index (κ1) is 24.5. The number of likely N-dealkylation sites (tertiary alicyclic amines) is 1. The fourth-order valence-electron chi connectivity index (χ4n) is 3.98. The summed E-state index contributed by atoms with van der Waals surface area (Å²) in [5, 5.41) is 6.63. The predicted octanol–water partition coefficient (Wildman–Crippen LogP) is 7.00. The summed E-state index contributed by atoms with van der Waals surface area (Å²) in [6, 6.07) is 15.3. The molecule has 4 aromatic rings. The summed E-state index contributed by atoms with van der Waals surface area (Å²) in [5.41, 5.74) is 1.05. The highest BCUT2D eigenvalue weighted by atomic mass is 35.5. The Morgan fingerprint density at radius 1 is 1.14 bits per heavy atom. The van der Waals surface area contributed by atoms with E-state index in [4.69, 9.17) is 21.3 Å². The first-order valence-corrected chi connectivity index (χ1v) is 13.6. The lowest BCUT2D eigenvalue weighted by Gasteiger charge is -2.30. The van der Waals surface area contributed by atoms with Gasteiger partial charge in [0.2, 0.25) is 5.91 Å². The van der Waals surface area contributed by atoms with Crippen LogP contribution in [0.25, 0.3) is 0 Å². The number of ether oxygens (including phenoxy) is 1. The number of hydrogen-bond acceptors (Lipinski definition) is 8. The molecule has 10 heteroatoms. The maximum Gasteiger partial charge on any atom is 0.219 e. The van der Waals surface area contributed by atoms with Gasteiger partial charge in [0.1, 0.15) is 10.9 Å². The fourth-order valence-corrected chi connectivity index (χ4v) is 5.85. The molecule has 184 valence electrons. The van der Waals surface area contributed by atoms with Crippen LogP contribution in [0.4, 0.5) is 10.9 Å². The Morgan fingerprint density at radius 3 is 2.69 bits per heavy atom. The van der Waals surface area contributed by atoms with Crippen molar-refractivity contribution in [2.75, 3.05) is 18.4 Å². The third-order valence-corrected chi connectivity index (χ3v) is 7.77. The molecular formula is C26H24ClN5O2S2. The summed E-state index contributed by atoms with van der Waals surface area (Å²) >= 11 is 9.12. The standard InChI is InChI=1S/C26H24ClN5O2S2/c1-17(33)32-11-8-18(9-12-32)22-16-35-26(30-22)31-25-23(34-19-5-3-2-4-6-19)13-21(15-29-25)36-20-7-10-28-24(27)14-20/h2-7,10,13-16,18H,8-9,11-12H2,1H3,(H,29,30,31). The van der Waals surface area contributed by atoms with E-state index in [0.717, 1.165) is 46.5 Å². The average molecular weight is 538 g/mol. The van der Waals surface area contributed by atoms with Gasteiger partial charge < -0.3 is 15.0 Å². The molecule has 36 heavy (non-hydrogen) atoms. The van der Waals surface area contributed by atoms with E-state index in [2.05, 4.69) is 20.7 Å². The van der Waals surface area contributed by atoms with Gasteiger partial charge in [0.25, 0.3) is 0 Å². The summed E-state index contributed by atoms with van der Waals surface area (Å²) in [4.78, 5) is 28.9. The third-order valence-electron chi connectivity index (χ3n) is 5.84. The van der Waals surface area contributed by atoms with Gasteiger partial charge in [-0.25, -0.2) is 15.0 Å². The summed E-state index contributed by atoms with van der Waals surface area (Å²) in [7, 11) is 0. The van der Waals surface area contributed by atoms with Gasteiger partial charge in [-0.3, -0.25) is 4.79 Å². The number of para-hydroxylation sites is 1. The molecule has 3 aromatic heterocycles. The second kappa shape index (κ2) is 11.3. The minimum Gasteiger partial charge on any atom is -0.453 e. The lowest BCUT2D eigenvalue weighted by Crippen LogP contribution is -2.36. The number of halogens is 1. The number of amides is 1. The number of carbonyl (C=O) groups excluding carboxylic acids is 1. The number of piperidine rings is 1. The topological polar surface area (TPSA) is 80.2 Å².